The molecule has 10 heteroatoms. The van der Waals surface area contributed by atoms with Gasteiger partial charge in [0.2, 0.25) is 15.9 Å². The van der Waals surface area contributed by atoms with Crippen molar-refractivity contribution >= 4 is 27.3 Å². The minimum atomic E-state index is -3.59. The minimum absolute atomic E-state index is 0.101. The Morgan fingerprint density at radius 1 is 1.06 bits per heavy atom. The van der Waals surface area contributed by atoms with Gasteiger partial charge >= 0.3 is 0 Å². The predicted molar refractivity (Wildman–Crippen MR) is 117 cm³/mol. The molecule has 0 radical (unpaired) electrons. The smallest absolute Gasteiger partial charge is 0.271 e. The Morgan fingerprint density at radius 3 is 2.35 bits per heavy atom. The first kappa shape index (κ1) is 22.9. The zero-order valence-corrected chi connectivity index (χ0v) is 18.6. The molecule has 0 aliphatic carbocycles. The van der Waals surface area contributed by atoms with Crippen LogP contribution in [0.1, 0.15) is 18.1 Å². The van der Waals surface area contributed by atoms with Crippen molar-refractivity contribution in [2.45, 2.75) is 31.7 Å². The van der Waals surface area contributed by atoms with Crippen molar-refractivity contribution in [1.29, 1.82) is 0 Å². The molecule has 2 aromatic rings. The van der Waals surface area contributed by atoms with Gasteiger partial charge in [0.25, 0.3) is 5.69 Å². The number of benzene rings is 2. The summed E-state index contributed by atoms with van der Waals surface area (Å²) in [7, 11) is -3.59. The van der Waals surface area contributed by atoms with Gasteiger partial charge in [-0.3, -0.25) is 19.8 Å². The van der Waals surface area contributed by atoms with Gasteiger partial charge in [0.1, 0.15) is 0 Å². The van der Waals surface area contributed by atoms with Gasteiger partial charge in [0.15, 0.2) is 0 Å². The van der Waals surface area contributed by atoms with Crippen molar-refractivity contribution in [3.63, 3.8) is 0 Å². The average molecular weight is 447 g/mol. The first-order valence-electron chi connectivity index (χ1n) is 9.96. The topological polar surface area (TPSA) is 113 Å². The zero-order valence-electron chi connectivity index (χ0n) is 17.7. The number of nitrogens with one attached hydrogen (secondary N) is 1. The molecule has 0 spiro atoms. The maximum atomic E-state index is 13.0. The molecule has 9 nitrogen and oxygen atoms in total. The Hall–Kier alpha value is -2.82. The molecule has 1 atom stereocenters. The molecule has 1 N–H and O–H groups in total. The van der Waals surface area contributed by atoms with Crippen LogP contribution in [0.3, 0.4) is 0 Å². The third-order valence-corrected chi connectivity index (χ3v) is 7.54. The lowest BCUT2D eigenvalue weighted by Gasteiger charge is -2.36. The molecule has 1 fully saturated rings. The van der Waals surface area contributed by atoms with Crippen molar-refractivity contribution in [3.8, 4) is 0 Å². The van der Waals surface area contributed by atoms with E-state index in [1.54, 1.807) is 31.2 Å². The fraction of sp³-hybridized carbons (Fsp3) is 0.381. The SMILES string of the molecule is Cc1ccc(S(=O)(=O)N2CCN([C@H](C)C(=O)Nc3cccc([N+](=O)[O-])c3)CC2)cc1C. The van der Waals surface area contributed by atoms with Gasteiger partial charge in [0.05, 0.1) is 15.9 Å². The van der Waals surface area contributed by atoms with E-state index in [0.29, 0.717) is 18.8 Å². The van der Waals surface area contributed by atoms with Crippen molar-refractivity contribution < 1.29 is 18.1 Å². The van der Waals surface area contributed by atoms with Crippen LogP contribution in [0.25, 0.3) is 0 Å². The van der Waals surface area contributed by atoms with Crippen molar-refractivity contribution in [3.05, 3.63) is 63.7 Å². The number of hydrogen-bond donors (Lipinski definition) is 1. The van der Waals surface area contributed by atoms with E-state index < -0.39 is 21.0 Å². The number of sulfonamides is 1. The molecule has 1 aliphatic heterocycles. The highest BCUT2D eigenvalue weighted by atomic mass is 32.2. The number of piperazine rings is 1. The Bertz CT molecular complexity index is 1090. The van der Waals surface area contributed by atoms with Crippen molar-refractivity contribution in [1.82, 2.24) is 9.21 Å². The van der Waals surface area contributed by atoms with E-state index in [2.05, 4.69) is 5.32 Å². The maximum absolute atomic E-state index is 13.0. The van der Waals surface area contributed by atoms with Crippen molar-refractivity contribution in [2.24, 2.45) is 0 Å². The maximum Gasteiger partial charge on any atom is 0.271 e. The summed E-state index contributed by atoms with van der Waals surface area (Å²) in [6.45, 7) is 6.94. The first-order valence-corrected chi connectivity index (χ1v) is 11.4. The fourth-order valence-electron chi connectivity index (χ4n) is 3.46. The fourth-order valence-corrected chi connectivity index (χ4v) is 4.97. The summed E-state index contributed by atoms with van der Waals surface area (Å²) in [5, 5.41) is 13.6. The number of non-ortho nitro benzene ring substituents is 1. The molecule has 1 amide bonds. The monoisotopic (exact) mass is 446 g/mol. The van der Waals surface area contributed by atoms with Crippen LogP contribution in [0.2, 0.25) is 0 Å². The Morgan fingerprint density at radius 2 is 1.74 bits per heavy atom. The molecule has 166 valence electrons. The van der Waals surface area contributed by atoms with Crippen LogP contribution in [0.5, 0.6) is 0 Å². The van der Waals surface area contributed by atoms with Gasteiger partial charge in [-0.2, -0.15) is 4.31 Å². The van der Waals surface area contributed by atoms with Crippen molar-refractivity contribution in [2.75, 3.05) is 31.5 Å². The Balaban J connectivity index is 1.62. The van der Waals surface area contributed by atoms with Crippen LogP contribution in [0.4, 0.5) is 11.4 Å². The van der Waals surface area contributed by atoms with E-state index in [4.69, 9.17) is 0 Å². The van der Waals surface area contributed by atoms with Gasteiger partial charge < -0.3 is 5.32 Å². The Kier molecular flexibility index (Phi) is 6.73. The van der Waals surface area contributed by atoms with Gasteiger partial charge in [-0.15, -0.1) is 0 Å². The normalized spacial score (nSPS) is 16.6. The number of nitro groups is 1. The summed E-state index contributed by atoms with van der Waals surface area (Å²) < 4.78 is 27.4. The van der Waals surface area contributed by atoms with Crippen LogP contribution in [0, 0.1) is 24.0 Å². The lowest BCUT2D eigenvalue weighted by molar-refractivity contribution is -0.384. The van der Waals surface area contributed by atoms with Crippen LogP contribution in [-0.4, -0.2) is 60.7 Å². The third kappa shape index (κ3) is 5.09. The van der Waals surface area contributed by atoms with Crippen LogP contribution in [-0.2, 0) is 14.8 Å². The second kappa shape index (κ2) is 9.13. The largest absolute Gasteiger partial charge is 0.324 e. The number of nitro benzene ring substituents is 1. The molecular formula is C21H26N4O5S. The standard InChI is InChI=1S/C21H26N4O5S/c1-15-7-8-20(13-16(15)2)31(29,30)24-11-9-23(10-12-24)17(3)21(26)22-18-5-4-6-19(14-18)25(27)28/h4-8,13-14,17H,9-12H2,1-3H3,(H,22,26)/t17-/m1/s1. The predicted octanol–water partition coefficient (Wildman–Crippen LogP) is 2.55. The number of rotatable bonds is 6. The quantitative estimate of drug-likeness (QED) is 0.539. The number of hydrogen-bond acceptors (Lipinski definition) is 6. The van der Waals surface area contributed by atoms with E-state index >= 15 is 0 Å². The number of amides is 1. The summed E-state index contributed by atoms with van der Waals surface area (Å²) in [5.74, 6) is -0.300. The first-order chi connectivity index (χ1) is 14.6. The average Bonchev–Trinajstić information content (AvgIpc) is 2.75. The van der Waals surface area contributed by atoms with Gasteiger partial charge in [-0.25, -0.2) is 8.42 Å². The van der Waals surface area contributed by atoms with Gasteiger partial charge in [-0.1, -0.05) is 12.1 Å². The van der Waals surface area contributed by atoms with Crippen LogP contribution in [0.15, 0.2) is 47.4 Å². The Labute approximate surface area is 181 Å². The molecule has 0 saturated carbocycles. The molecule has 0 bridgehead atoms. The lowest BCUT2D eigenvalue weighted by atomic mass is 10.1. The molecule has 0 aromatic heterocycles. The molecular weight excluding hydrogens is 420 g/mol. The van der Waals surface area contributed by atoms with E-state index in [-0.39, 0.29) is 29.6 Å². The van der Waals surface area contributed by atoms with E-state index in [9.17, 15) is 23.3 Å². The number of anilines is 1. The van der Waals surface area contributed by atoms with Gasteiger partial charge in [0, 0.05) is 44.0 Å². The second-order valence-corrected chi connectivity index (χ2v) is 9.60. The zero-order chi connectivity index (χ0) is 22.8. The van der Waals surface area contributed by atoms with Crippen LogP contribution >= 0.6 is 0 Å². The highest BCUT2D eigenvalue weighted by molar-refractivity contribution is 7.89. The number of carbonyl (C=O) groups excluding carboxylic acids is 1. The molecule has 0 unspecified atom stereocenters. The molecule has 1 saturated heterocycles. The number of carbonyl (C=O) groups is 1. The minimum Gasteiger partial charge on any atom is -0.324 e. The number of aryl methyl sites for hydroxylation is 2. The lowest BCUT2D eigenvalue weighted by Crippen LogP contribution is -2.53. The molecule has 1 heterocycles. The van der Waals surface area contributed by atoms with E-state index in [0.717, 1.165) is 11.1 Å². The highest BCUT2D eigenvalue weighted by Crippen LogP contribution is 2.22. The summed E-state index contributed by atoms with van der Waals surface area (Å²) in [5.41, 5.74) is 2.20. The summed E-state index contributed by atoms with van der Waals surface area (Å²) in [6, 6.07) is 10.4. The summed E-state index contributed by atoms with van der Waals surface area (Å²) >= 11 is 0. The van der Waals surface area contributed by atoms with E-state index in [1.807, 2.05) is 18.7 Å². The van der Waals surface area contributed by atoms with Crippen LogP contribution < -0.4 is 5.32 Å². The molecule has 3 rings (SSSR count). The molecule has 2 aromatic carbocycles. The summed E-state index contributed by atoms with van der Waals surface area (Å²) in [6.07, 6.45) is 0. The summed E-state index contributed by atoms with van der Waals surface area (Å²) in [4.78, 5) is 25.2. The second-order valence-electron chi connectivity index (χ2n) is 7.66. The van der Waals surface area contributed by atoms with E-state index in [1.165, 1.54) is 22.5 Å². The molecule has 31 heavy (non-hydrogen) atoms. The molecule has 1 aliphatic rings. The number of nitrogens with zero attached hydrogens (tertiary/aromatic N) is 3. The highest BCUT2D eigenvalue weighted by Gasteiger charge is 2.32. The van der Waals surface area contributed by atoms with Gasteiger partial charge in [-0.05, 0) is 50.1 Å². The third-order valence-electron chi connectivity index (χ3n) is 5.64.